The Morgan fingerprint density at radius 1 is 1.11 bits per heavy atom. The van der Waals surface area contributed by atoms with Gasteiger partial charge in [0.25, 0.3) is 0 Å². The van der Waals surface area contributed by atoms with E-state index in [1.807, 2.05) is 59.0 Å². The zero-order valence-corrected chi connectivity index (χ0v) is 23.5. The third-order valence-electron chi connectivity index (χ3n) is 7.12. The van der Waals surface area contributed by atoms with Crippen molar-refractivity contribution in [2.24, 2.45) is 0 Å². The summed E-state index contributed by atoms with van der Waals surface area (Å²) in [6.45, 7) is 9.18. The van der Waals surface area contributed by atoms with Gasteiger partial charge in [-0.3, -0.25) is 9.47 Å². The molecule has 0 unspecified atom stereocenters. The van der Waals surface area contributed by atoms with Gasteiger partial charge in [-0.1, -0.05) is 12.5 Å². The number of aromatic nitrogens is 1. The fourth-order valence-electron chi connectivity index (χ4n) is 5.40. The summed E-state index contributed by atoms with van der Waals surface area (Å²) < 4.78 is 18.1. The van der Waals surface area contributed by atoms with E-state index in [4.69, 9.17) is 14.2 Å². The highest BCUT2D eigenvalue weighted by Crippen LogP contribution is 2.38. The van der Waals surface area contributed by atoms with Crippen LogP contribution in [-0.2, 0) is 16.0 Å². The molecule has 1 N–H and O–H groups in total. The van der Waals surface area contributed by atoms with Crippen LogP contribution in [0.25, 0.3) is 10.9 Å². The molecule has 0 saturated carbocycles. The van der Waals surface area contributed by atoms with Gasteiger partial charge in [0.2, 0.25) is 0 Å². The normalized spacial score (nSPS) is 16.3. The first-order valence-corrected chi connectivity index (χ1v) is 13.1. The summed E-state index contributed by atoms with van der Waals surface area (Å²) in [6, 6.07) is 10.1. The predicted molar refractivity (Wildman–Crippen MR) is 149 cm³/mol. The van der Waals surface area contributed by atoms with Crippen molar-refractivity contribution < 1.29 is 23.8 Å². The van der Waals surface area contributed by atoms with Gasteiger partial charge in [0, 0.05) is 42.5 Å². The number of esters is 1. The maximum Gasteiger partial charge on any atom is 0.419 e. The van der Waals surface area contributed by atoms with Crippen LogP contribution in [0.2, 0.25) is 0 Å². The van der Waals surface area contributed by atoms with Gasteiger partial charge < -0.3 is 19.5 Å². The van der Waals surface area contributed by atoms with Crippen LogP contribution in [0, 0.1) is 6.92 Å². The topological polar surface area (TPSA) is 82.0 Å². The highest BCUT2D eigenvalue weighted by atomic mass is 16.6. The van der Waals surface area contributed by atoms with Gasteiger partial charge in [-0.15, -0.1) is 0 Å². The molecule has 0 bridgehead atoms. The minimum atomic E-state index is -0.590. The minimum Gasteiger partial charge on any atom is -0.496 e. The molecule has 0 radical (unpaired) electrons. The Morgan fingerprint density at radius 2 is 1.87 bits per heavy atom. The molecule has 1 saturated heterocycles. The zero-order chi connectivity index (χ0) is 27.6. The lowest BCUT2D eigenvalue weighted by molar-refractivity contribution is 0.0542. The van der Waals surface area contributed by atoms with Crippen LogP contribution < -0.4 is 10.1 Å². The molecular formula is C30H39N3O5. The number of benzene rings is 2. The number of carbonyl (C=O) groups excluding carboxylic acids is 2. The van der Waals surface area contributed by atoms with Crippen LogP contribution in [0.4, 0.5) is 10.5 Å². The van der Waals surface area contributed by atoms with Gasteiger partial charge in [0.05, 0.1) is 25.3 Å². The fourth-order valence-corrected chi connectivity index (χ4v) is 5.40. The first kappa shape index (κ1) is 27.5. The first-order chi connectivity index (χ1) is 18.1. The first-order valence-electron chi connectivity index (χ1n) is 13.1. The second-order valence-corrected chi connectivity index (χ2v) is 10.8. The molecular weight excluding hydrogens is 482 g/mol. The van der Waals surface area contributed by atoms with E-state index in [1.165, 1.54) is 7.11 Å². The van der Waals surface area contributed by atoms with Crippen molar-refractivity contribution in [3.05, 3.63) is 58.8 Å². The summed E-state index contributed by atoms with van der Waals surface area (Å²) in [7, 11) is 4.89. The molecule has 0 aliphatic carbocycles. The Kier molecular flexibility index (Phi) is 8.02. The van der Waals surface area contributed by atoms with Crippen molar-refractivity contribution in [1.29, 1.82) is 0 Å². The smallest absolute Gasteiger partial charge is 0.419 e. The van der Waals surface area contributed by atoms with Crippen LogP contribution in [0.5, 0.6) is 5.75 Å². The Morgan fingerprint density at radius 3 is 2.53 bits per heavy atom. The number of fused-ring (bicyclic) bond motifs is 1. The number of ether oxygens (including phenoxy) is 3. The molecule has 204 valence electrons. The van der Waals surface area contributed by atoms with Gasteiger partial charge in [-0.2, -0.15) is 0 Å². The average Bonchev–Trinajstić information content (AvgIpc) is 3.35. The van der Waals surface area contributed by atoms with Crippen molar-refractivity contribution >= 4 is 28.7 Å². The van der Waals surface area contributed by atoms with Crippen LogP contribution in [-0.4, -0.2) is 54.9 Å². The predicted octanol–water partition coefficient (Wildman–Crippen LogP) is 6.30. The van der Waals surface area contributed by atoms with Crippen LogP contribution in [0.15, 0.2) is 36.5 Å². The van der Waals surface area contributed by atoms with Crippen molar-refractivity contribution in [3.8, 4) is 5.75 Å². The minimum absolute atomic E-state index is 0.177. The highest BCUT2D eigenvalue weighted by Gasteiger charge is 2.28. The molecule has 4 rings (SSSR count). The molecule has 2 heterocycles. The quantitative estimate of drug-likeness (QED) is 0.381. The van der Waals surface area contributed by atoms with E-state index in [0.29, 0.717) is 12.1 Å². The summed E-state index contributed by atoms with van der Waals surface area (Å²) in [6.07, 6.45) is 4.63. The number of aryl methyl sites for hydroxylation is 1. The van der Waals surface area contributed by atoms with E-state index >= 15 is 0 Å². The SMILES string of the molecule is CNc1cc([C@@H]2CCCCN2Cc2c(OC)cc(C)c3c2ccn3C(=O)OC(C)(C)C)ccc1C(=O)OC. The molecule has 1 aromatic heterocycles. The standard InChI is InChI=1S/C30H39N3O5/c1-19-16-26(36-6)23(21-13-15-33(27(19)21)29(35)38-30(2,3)4)18-32-14-9-8-10-25(32)20-11-12-22(28(34)37-7)24(17-20)31-5/h11-13,15-17,25,31H,8-10,14,18H2,1-7H3/t25-/m0/s1. The number of carbonyl (C=O) groups is 2. The summed E-state index contributed by atoms with van der Waals surface area (Å²) in [4.78, 5) is 27.7. The Bertz CT molecular complexity index is 1340. The summed E-state index contributed by atoms with van der Waals surface area (Å²) in [5, 5.41) is 4.13. The molecule has 1 fully saturated rings. The number of methoxy groups -OCH3 is 2. The maximum atomic E-state index is 13.0. The van der Waals surface area contributed by atoms with Gasteiger partial charge in [0.1, 0.15) is 11.4 Å². The molecule has 1 atom stereocenters. The Balaban J connectivity index is 1.73. The lowest BCUT2D eigenvalue weighted by Crippen LogP contribution is -2.33. The molecule has 8 heteroatoms. The van der Waals surface area contributed by atoms with Crippen molar-refractivity contribution in [2.45, 2.75) is 65.1 Å². The Labute approximate surface area is 224 Å². The highest BCUT2D eigenvalue weighted by molar-refractivity contribution is 5.96. The van der Waals surface area contributed by atoms with Crippen LogP contribution >= 0.6 is 0 Å². The van der Waals surface area contributed by atoms with Crippen molar-refractivity contribution in [3.63, 3.8) is 0 Å². The number of rotatable bonds is 6. The van der Waals surface area contributed by atoms with Crippen molar-refractivity contribution in [2.75, 3.05) is 33.1 Å². The fraction of sp³-hybridized carbons (Fsp3) is 0.467. The second kappa shape index (κ2) is 11.1. The van der Waals surface area contributed by atoms with E-state index in [2.05, 4.69) is 16.3 Å². The van der Waals surface area contributed by atoms with Gasteiger partial charge in [-0.05, 0) is 82.5 Å². The molecule has 0 spiro atoms. The summed E-state index contributed by atoms with van der Waals surface area (Å²) in [5.41, 5.74) is 4.66. The number of hydrogen-bond donors (Lipinski definition) is 1. The van der Waals surface area contributed by atoms with E-state index in [1.54, 1.807) is 17.9 Å². The third-order valence-corrected chi connectivity index (χ3v) is 7.12. The Hall–Kier alpha value is -3.52. The molecule has 3 aromatic rings. The van der Waals surface area contributed by atoms with Crippen LogP contribution in [0.1, 0.15) is 73.1 Å². The zero-order valence-electron chi connectivity index (χ0n) is 23.5. The lowest BCUT2D eigenvalue weighted by Gasteiger charge is -2.37. The number of nitrogens with one attached hydrogen (secondary N) is 1. The number of hydrogen-bond acceptors (Lipinski definition) is 7. The molecule has 1 aliphatic rings. The summed E-state index contributed by atoms with van der Waals surface area (Å²) >= 11 is 0. The van der Waals surface area contributed by atoms with Gasteiger partial charge in [-0.25, -0.2) is 9.59 Å². The van der Waals surface area contributed by atoms with E-state index in [9.17, 15) is 9.59 Å². The maximum absolute atomic E-state index is 13.0. The average molecular weight is 522 g/mol. The third kappa shape index (κ3) is 5.50. The molecule has 8 nitrogen and oxygen atoms in total. The number of nitrogens with zero attached hydrogens (tertiary/aromatic N) is 2. The molecule has 2 aromatic carbocycles. The van der Waals surface area contributed by atoms with E-state index < -0.39 is 11.7 Å². The van der Waals surface area contributed by atoms with E-state index in [0.717, 1.165) is 64.8 Å². The molecule has 0 amide bonds. The van der Waals surface area contributed by atoms with Crippen LogP contribution in [0.3, 0.4) is 0 Å². The number of anilines is 1. The van der Waals surface area contributed by atoms with Gasteiger partial charge in [0.15, 0.2) is 0 Å². The second-order valence-electron chi connectivity index (χ2n) is 10.8. The number of likely N-dealkylation sites (tertiary alicyclic amines) is 1. The molecule has 38 heavy (non-hydrogen) atoms. The van der Waals surface area contributed by atoms with Crippen molar-refractivity contribution in [1.82, 2.24) is 9.47 Å². The monoisotopic (exact) mass is 521 g/mol. The molecule has 1 aliphatic heterocycles. The largest absolute Gasteiger partial charge is 0.496 e. The number of piperidine rings is 1. The lowest BCUT2D eigenvalue weighted by atomic mass is 9.92. The van der Waals surface area contributed by atoms with E-state index in [-0.39, 0.29) is 12.0 Å². The summed E-state index contributed by atoms with van der Waals surface area (Å²) in [5.74, 6) is 0.445. The van der Waals surface area contributed by atoms with Gasteiger partial charge >= 0.3 is 12.1 Å².